The topological polar surface area (TPSA) is 79.5 Å². The first-order valence-electron chi connectivity index (χ1n) is 6.79. The molecule has 1 saturated heterocycles. The molecule has 1 aromatic carbocycles. The molecule has 0 spiro atoms. The predicted octanol–water partition coefficient (Wildman–Crippen LogP) is 1.86. The zero-order chi connectivity index (χ0) is 14.1. The minimum absolute atomic E-state index is 0.0813. The third-order valence-corrected chi connectivity index (χ3v) is 3.70. The maximum Gasteiger partial charge on any atom is 0.354 e. The van der Waals surface area contributed by atoms with E-state index >= 15 is 0 Å². The summed E-state index contributed by atoms with van der Waals surface area (Å²) in [6, 6.07) is 9.47. The number of aromatic nitrogens is 1. The molecule has 0 saturated carbocycles. The third kappa shape index (κ3) is 2.32. The Balaban J connectivity index is 2.14. The molecule has 3 rings (SSSR count). The van der Waals surface area contributed by atoms with Gasteiger partial charge in [0.05, 0.1) is 0 Å². The second-order valence-corrected chi connectivity index (χ2v) is 5.21. The summed E-state index contributed by atoms with van der Waals surface area (Å²) in [6.45, 7) is 1.59. The average molecular weight is 271 g/mol. The fourth-order valence-corrected chi connectivity index (χ4v) is 2.73. The second-order valence-electron chi connectivity index (χ2n) is 5.21. The number of aromatic carboxylic acids is 1. The molecule has 5 nitrogen and oxygen atoms in total. The number of anilines is 1. The van der Waals surface area contributed by atoms with Gasteiger partial charge in [-0.3, -0.25) is 0 Å². The summed E-state index contributed by atoms with van der Waals surface area (Å²) in [5, 5.41) is 11.1. The van der Waals surface area contributed by atoms with Gasteiger partial charge >= 0.3 is 5.97 Å². The van der Waals surface area contributed by atoms with Gasteiger partial charge in [-0.25, -0.2) is 9.78 Å². The molecule has 0 radical (unpaired) electrons. The number of piperidine rings is 1. The molecule has 1 unspecified atom stereocenters. The van der Waals surface area contributed by atoms with Crippen LogP contribution in [0.3, 0.4) is 0 Å². The van der Waals surface area contributed by atoms with Crippen LogP contribution in [0.2, 0.25) is 0 Å². The number of carboxylic acids is 1. The summed E-state index contributed by atoms with van der Waals surface area (Å²) >= 11 is 0. The first-order chi connectivity index (χ1) is 9.65. The Bertz CT molecular complexity index is 657. The molecule has 20 heavy (non-hydrogen) atoms. The molecule has 2 aromatic rings. The summed E-state index contributed by atoms with van der Waals surface area (Å²) in [6.07, 6.45) is 2.02. The average Bonchev–Trinajstić information content (AvgIpc) is 2.46. The van der Waals surface area contributed by atoms with E-state index < -0.39 is 5.97 Å². The number of hydrogen-bond acceptors (Lipinski definition) is 4. The van der Waals surface area contributed by atoms with Crippen molar-refractivity contribution in [1.82, 2.24) is 4.98 Å². The Labute approximate surface area is 117 Å². The molecule has 0 bridgehead atoms. The lowest BCUT2D eigenvalue weighted by Crippen LogP contribution is -2.43. The second kappa shape index (κ2) is 5.09. The summed E-state index contributed by atoms with van der Waals surface area (Å²) in [5.41, 5.74) is 6.10. The minimum atomic E-state index is -1.00. The van der Waals surface area contributed by atoms with Crippen molar-refractivity contribution >= 4 is 22.6 Å². The van der Waals surface area contributed by atoms with Crippen LogP contribution in [-0.4, -0.2) is 35.2 Å². The van der Waals surface area contributed by atoms with Crippen molar-refractivity contribution in [3.63, 3.8) is 0 Å². The molecule has 2 heterocycles. The van der Waals surface area contributed by atoms with E-state index in [1.807, 2.05) is 24.3 Å². The van der Waals surface area contributed by atoms with Crippen molar-refractivity contribution in [2.75, 3.05) is 18.0 Å². The molecule has 0 aliphatic carbocycles. The van der Waals surface area contributed by atoms with Crippen LogP contribution in [0.25, 0.3) is 10.8 Å². The lowest BCUT2D eigenvalue weighted by molar-refractivity contribution is 0.0691. The Kier molecular flexibility index (Phi) is 3.28. The van der Waals surface area contributed by atoms with Crippen LogP contribution >= 0.6 is 0 Å². The van der Waals surface area contributed by atoms with Gasteiger partial charge < -0.3 is 15.7 Å². The first kappa shape index (κ1) is 12.9. The Hall–Kier alpha value is -2.14. The highest BCUT2D eigenvalue weighted by Crippen LogP contribution is 2.27. The zero-order valence-electron chi connectivity index (χ0n) is 11.1. The van der Waals surface area contributed by atoms with Crippen LogP contribution in [0, 0.1) is 0 Å². The van der Waals surface area contributed by atoms with E-state index in [2.05, 4.69) is 9.88 Å². The standard InChI is InChI=1S/C15H17N3O2/c16-11-5-3-7-18(9-11)14-12-6-2-1-4-10(12)8-13(17-14)15(19)20/h1-2,4,6,8,11H,3,5,7,9,16H2,(H,19,20). The molecular formula is C15H17N3O2. The van der Waals surface area contributed by atoms with Crippen molar-refractivity contribution < 1.29 is 9.90 Å². The van der Waals surface area contributed by atoms with Gasteiger partial charge in [-0.2, -0.15) is 0 Å². The largest absolute Gasteiger partial charge is 0.477 e. The molecule has 5 heteroatoms. The Morgan fingerprint density at radius 2 is 2.20 bits per heavy atom. The van der Waals surface area contributed by atoms with E-state index in [-0.39, 0.29) is 11.7 Å². The number of carboxylic acid groups (broad SMARTS) is 1. The minimum Gasteiger partial charge on any atom is -0.477 e. The number of nitrogens with two attached hydrogens (primary N) is 1. The van der Waals surface area contributed by atoms with Gasteiger partial charge in [0.15, 0.2) is 5.69 Å². The van der Waals surface area contributed by atoms with E-state index in [1.165, 1.54) is 0 Å². The van der Waals surface area contributed by atoms with Crippen molar-refractivity contribution in [3.05, 3.63) is 36.0 Å². The molecule has 3 N–H and O–H groups in total. The van der Waals surface area contributed by atoms with Crippen LogP contribution in [0.15, 0.2) is 30.3 Å². The molecule has 1 aromatic heterocycles. The van der Waals surface area contributed by atoms with Gasteiger partial charge in [-0.1, -0.05) is 24.3 Å². The third-order valence-electron chi connectivity index (χ3n) is 3.70. The monoisotopic (exact) mass is 271 g/mol. The first-order valence-corrected chi connectivity index (χ1v) is 6.79. The van der Waals surface area contributed by atoms with Gasteiger partial charge in [0, 0.05) is 24.5 Å². The maximum atomic E-state index is 11.2. The van der Waals surface area contributed by atoms with Gasteiger partial charge in [0.1, 0.15) is 5.82 Å². The maximum absolute atomic E-state index is 11.2. The molecular weight excluding hydrogens is 254 g/mol. The van der Waals surface area contributed by atoms with Crippen LogP contribution in [0.4, 0.5) is 5.82 Å². The van der Waals surface area contributed by atoms with Crippen LogP contribution < -0.4 is 10.6 Å². The van der Waals surface area contributed by atoms with Crippen molar-refractivity contribution in [2.45, 2.75) is 18.9 Å². The smallest absolute Gasteiger partial charge is 0.354 e. The van der Waals surface area contributed by atoms with E-state index in [0.717, 1.165) is 42.5 Å². The van der Waals surface area contributed by atoms with E-state index in [1.54, 1.807) is 6.07 Å². The van der Waals surface area contributed by atoms with Crippen LogP contribution in [-0.2, 0) is 0 Å². The van der Waals surface area contributed by atoms with Crippen LogP contribution in [0.5, 0.6) is 0 Å². The number of carbonyl (C=O) groups is 1. The Morgan fingerprint density at radius 3 is 2.95 bits per heavy atom. The van der Waals surface area contributed by atoms with Gasteiger partial charge in [0.2, 0.25) is 0 Å². The SMILES string of the molecule is NC1CCCN(c2nc(C(=O)O)cc3ccccc23)C1. The van der Waals surface area contributed by atoms with E-state index in [4.69, 9.17) is 5.73 Å². The highest BCUT2D eigenvalue weighted by Gasteiger charge is 2.21. The predicted molar refractivity (Wildman–Crippen MR) is 78.1 cm³/mol. The molecule has 1 fully saturated rings. The van der Waals surface area contributed by atoms with Crippen molar-refractivity contribution in [1.29, 1.82) is 0 Å². The van der Waals surface area contributed by atoms with E-state index in [0.29, 0.717) is 0 Å². The van der Waals surface area contributed by atoms with Gasteiger partial charge in [-0.15, -0.1) is 0 Å². The summed E-state index contributed by atoms with van der Waals surface area (Å²) in [5.74, 6) is -0.269. The van der Waals surface area contributed by atoms with Crippen molar-refractivity contribution in [2.24, 2.45) is 5.73 Å². The fraction of sp³-hybridized carbons (Fsp3) is 0.333. The Morgan fingerprint density at radius 1 is 1.40 bits per heavy atom. The number of fused-ring (bicyclic) bond motifs is 1. The lowest BCUT2D eigenvalue weighted by atomic mass is 10.0. The molecule has 1 aliphatic heterocycles. The van der Waals surface area contributed by atoms with Crippen molar-refractivity contribution in [3.8, 4) is 0 Å². The molecule has 104 valence electrons. The number of pyridine rings is 1. The highest BCUT2D eigenvalue weighted by atomic mass is 16.4. The van der Waals surface area contributed by atoms with Crippen LogP contribution in [0.1, 0.15) is 23.3 Å². The number of hydrogen-bond donors (Lipinski definition) is 2. The summed E-state index contributed by atoms with van der Waals surface area (Å²) < 4.78 is 0. The van der Waals surface area contributed by atoms with Gasteiger partial charge in [-0.05, 0) is 24.3 Å². The summed E-state index contributed by atoms with van der Waals surface area (Å²) in [4.78, 5) is 17.7. The quantitative estimate of drug-likeness (QED) is 0.871. The number of benzene rings is 1. The zero-order valence-corrected chi connectivity index (χ0v) is 11.1. The normalized spacial score (nSPS) is 19.2. The molecule has 0 amide bonds. The highest BCUT2D eigenvalue weighted by molar-refractivity contribution is 5.98. The lowest BCUT2D eigenvalue weighted by Gasteiger charge is -2.32. The summed E-state index contributed by atoms with van der Waals surface area (Å²) in [7, 11) is 0. The number of rotatable bonds is 2. The molecule has 1 atom stereocenters. The van der Waals surface area contributed by atoms with E-state index in [9.17, 15) is 9.90 Å². The molecule has 1 aliphatic rings. The fourth-order valence-electron chi connectivity index (χ4n) is 2.73. The number of nitrogens with zero attached hydrogens (tertiary/aromatic N) is 2. The van der Waals surface area contributed by atoms with Gasteiger partial charge in [0.25, 0.3) is 0 Å².